The topological polar surface area (TPSA) is 140 Å². The maximum atomic E-state index is 13.4. The first-order valence-electron chi connectivity index (χ1n) is 11.9. The zero-order valence-electron chi connectivity index (χ0n) is 20.4. The maximum absolute atomic E-state index is 13.4. The fourth-order valence-electron chi connectivity index (χ4n) is 4.37. The monoisotopic (exact) mass is 511 g/mol. The minimum Gasteiger partial charge on any atom is -0.383 e. The number of carbonyl (C=O) groups excluding carboxylic acids is 3. The molecular weight excluding hydrogens is 485 g/mol. The van der Waals surface area contributed by atoms with Gasteiger partial charge in [0.1, 0.15) is 29.5 Å². The minimum absolute atomic E-state index is 0.00726. The van der Waals surface area contributed by atoms with Gasteiger partial charge < -0.3 is 24.8 Å². The highest BCUT2D eigenvalue weighted by molar-refractivity contribution is 5.99. The molecule has 1 aliphatic heterocycles. The molecule has 3 aromatic rings. The van der Waals surface area contributed by atoms with Crippen LogP contribution in [0.3, 0.4) is 0 Å². The molecule has 13 heteroatoms. The first-order valence-corrected chi connectivity index (χ1v) is 11.9. The molecular formula is C24H26FN7O5. The largest absolute Gasteiger partial charge is 0.383 e. The zero-order chi connectivity index (χ0) is 26.3. The molecule has 0 spiro atoms. The van der Waals surface area contributed by atoms with E-state index in [1.54, 1.807) is 6.92 Å². The van der Waals surface area contributed by atoms with Gasteiger partial charge in [-0.1, -0.05) is 0 Å². The molecule has 0 aromatic carbocycles. The van der Waals surface area contributed by atoms with Crippen LogP contribution in [-0.4, -0.2) is 68.1 Å². The van der Waals surface area contributed by atoms with Crippen molar-refractivity contribution in [2.75, 3.05) is 25.6 Å². The van der Waals surface area contributed by atoms with E-state index in [9.17, 15) is 23.6 Å². The summed E-state index contributed by atoms with van der Waals surface area (Å²) in [4.78, 5) is 57.8. The number of aromatic nitrogens is 4. The van der Waals surface area contributed by atoms with Crippen LogP contribution in [0.4, 0.5) is 10.2 Å². The fourth-order valence-corrected chi connectivity index (χ4v) is 4.37. The fraction of sp³-hybridized carbons (Fsp3) is 0.417. The highest BCUT2D eigenvalue weighted by Gasteiger charge is 2.37. The van der Waals surface area contributed by atoms with Crippen LogP contribution < -0.4 is 16.2 Å². The number of carbonyl (C=O) groups is 3. The summed E-state index contributed by atoms with van der Waals surface area (Å²) in [6, 6.07) is 3.52. The molecule has 3 amide bonds. The van der Waals surface area contributed by atoms with Crippen LogP contribution in [0.2, 0.25) is 0 Å². The summed E-state index contributed by atoms with van der Waals surface area (Å²) in [5, 5.41) is 9.58. The van der Waals surface area contributed by atoms with Crippen molar-refractivity contribution in [2.24, 2.45) is 5.92 Å². The summed E-state index contributed by atoms with van der Waals surface area (Å²) in [5.41, 5.74) is -0.192. The van der Waals surface area contributed by atoms with Gasteiger partial charge in [0.2, 0.25) is 5.91 Å². The third kappa shape index (κ3) is 4.81. The lowest BCUT2D eigenvalue weighted by Gasteiger charge is -2.23. The van der Waals surface area contributed by atoms with Gasteiger partial charge >= 0.3 is 0 Å². The van der Waals surface area contributed by atoms with Gasteiger partial charge in [-0.15, -0.1) is 0 Å². The zero-order valence-corrected chi connectivity index (χ0v) is 20.4. The molecule has 2 N–H and O–H groups in total. The van der Waals surface area contributed by atoms with Crippen molar-refractivity contribution >= 4 is 29.2 Å². The third-order valence-corrected chi connectivity index (χ3v) is 6.48. The molecule has 0 unspecified atom stereocenters. The van der Waals surface area contributed by atoms with Crippen LogP contribution in [0.1, 0.15) is 46.3 Å². The standard InChI is InChI=1S/C24H26FN7O5/c1-13(12-37-2)30-10-16-21(24(30)36)31(11-19(33)28-18-6-5-15(25)9-26-18)20-7-17(29-32(20)23(16)35)22(34)27-8-14-3-4-14/h5-7,9,13-14H,3-4,8,10-12H2,1-2H3,(H,27,34)(H,26,28,33)/t13-/m0/s1. The smallest absolute Gasteiger partial charge is 0.280 e. The number of pyridine rings is 1. The summed E-state index contributed by atoms with van der Waals surface area (Å²) in [7, 11) is 1.51. The second-order valence-corrected chi connectivity index (χ2v) is 9.32. The number of hydrogen-bond acceptors (Lipinski definition) is 7. The maximum Gasteiger partial charge on any atom is 0.280 e. The third-order valence-electron chi connectivity index (χ3n) is 6.48. The molecule has 0 bridgehead atoms. The number of halogens is 1. The van der Waals surface area contributed by atoms with E-state index in [0.717, 1.165) is 29.6 Å². The van der Waals surface area contributed by atoms with Crippen molar-refractivity contribution in [3.63, 3.8) is 0 Å². The van der Waals surface area contributed by atoms with Crippen LogP contribution in [0.15, 0.2) is 29.2 Å². The summed E-state index contributed by atoms with van der Waals surface area (Å²) in [6.07, 6.45) is 3.08. The highest BCUT2D eigenvalue weighted by Crippen LogP contribution is 2.28. The highest BCUT2D eigenvalue weighted by atomic mass is 19.1. The lowest BCUT2D eigenvalue weighted by molar-refractivity contribution is -0.116. The molecule has 4 heterocycles. The second kappa shape index (κ2) is 9.73. The molecule has 1 saturated carbocycles. The molecule has 3 aromatic heterocycles. The number of anilines is 1. The Morgan fingerprint density at radius 2 is 2.05 bits per heavy atom. The van der Waals surface area contributed by atoms with Crippen molar-refractivity contribution in [3.05, 3.63) is 57.5 Å². The van der Waals surface area contributed by atoms with E-state index in [1.165, 1.54) is 28.7 Å². The average Bonchev–Trinajstić information content (AvgIpc) is 3.48. The van der Waals surface area contributed by atoms with Crippen LogP contribution in [0.5, 0.6) is 0 Å². The number of rotatable bonds is 9. The number of hydrogen-bond donors (Lipinski definition) is 2. The van der Waals surface area contributed by atoms with Crippen molar-refractivity contribution in [2.45, 2.75) is 38.9 Å². The Labute approximate surface area is 210 Å². The van der Waals surface area contributed by atoms with Gasteiger partial charge in [-0.3, -0.25) is 19.2 Å². The Morgan fingerprint density at radius 1 is 1.27 bits per heavy atom. The predicted octanol–water partition coefficient (Wildman–Crippen LogP) is 0.799. The molecule has 1 aliphatic carbocycles. The van der Waals surface area contributed by atoms with Gasteiger partial charge in [-0.25, -0.2) is 9.37 Å². The first-order chi connectivity index (χ1) is 17.8. The van der Waals surface area contributed by atoms with Crippen LogP contribution in [0.25, 0.3) is 5.65 Å². The molecule has 12 nitrogen and oxygen atoms in total. The van der Waals surface area contributed by atoms with Crippen LogP contribution in [-0.2, 0) is 22.6 Å². The van der Waals surface area contributed by atoms with Crippen molar-refractivity contribution < 1.29 is 23.5 Å². The SMILES string of the molecule is COC[C@H](C)N1Cc2c(n(CC(=O)Nc3ccc(F)cn3)c3cc(C(=O)NCC4CC4)nn3c2=O)C1=O. The van der Waals surface area contributed by atoms with E-state index in [0.29, 0.717) is 12.5 Å². The second-order valence-electron chi connectivity index (χ2n) is 9.32. The van der Waals surface area contributed by atoms with Gasteiger partial charge in [-0.05, 0) is 37.8 Å². The van der Waals surface area contributed by atoms with E-state index in [2.05, 4.69) is 20.7 Å². The summed E-state index contributed by atoms with van der Waals surface area (Å²) >= 11 is 0. The Balaban J connectivity index is 1.54. The number of amides is 3. The average molecular weight is 512 g/mol. The molecule has 2 aliphatic rings. The van der Waals surface area contributed by atoms with Gasteiger partial charge in [0.15, 0.2) is 5.69 Å². The predicted molar refractivity (Wildman–Crippen MR) is 129 cm³/mol. The van der Waals surface area contributed by atoms with Crippen LogP contribution in [0, 0.1) is 11.7 Å². The lowest BCUT2D eigenvalue weighted by Crippen LogP contribution is -2.37. The molecule has 5 rings (SSSR count). The summed E-state index contributed by atoms with van der Waals surface area (Å²) in [6.45, 7) is 2.21. The van der Waals surface area contributed by atoms with E-state index in [1.807, 2.05) is 0 Å². The Morgan fingerprint density at radius 3 is 2.73 bits per heavy atom. The molecule has 0 radical (unpaired) electrons. The quantitative estimate of drug-likeness (QED) is 0.433. The number of methoxy groups -OCH3 is 1. The van der Waals surface area contributed by atoms with Crippen molar-refractivity contribution in [3.8, 4) is 0 Å². The lowest BCUT2D eigenvalue weighted by atomic mass is 10.2. The summed E-state index contributed by atoms with van der Waals surface area (Å²) in [5.74, 6) is -1.43. The normalized spacial score (nSPS) is 15.6. The number of nitrogens with one attached hydrogen (secondary N) is 2. The Bertz CT molecular complexity index is 1440. The van der Waals surface area contributed by atoms with Crippen LogP contribution >= 0.6 is 0 Å². The first kappa shape index (κ1) is 24.6. The van der Waals surface area contributed by atoms with E-state index in [4.69, 9.17) is 4.74 Å². The molecule has 1 atom stereocenters. The number of ether oxygens (including phenoxy) is 1. The Kier molecular flexibility index (Phi) is 6.46. The van der Waals surface area contributed by atoms with E-state index >= 15 is 0 Å². The molecule has 194 valence electrons. The summed E-state index contributed by atoms with van der Waals surface area (Å²) < 4.78 is 20.8. The number of fused-ring (bicyclic) bond motifs is 2. The van der Waals surface area contributed by atoms with E-state index in [-0.39, 0.29) is 54.2 Å². The van der Waals surface area contributed by atoms with Gasteiger partial charge in [0.05, 0.1) is 31.0 Å². The van der Waals surface area contributed by atoms with Crippen molar-refractivity contribution in [1.29, 1.82) is 0 Å². The molecule has 37 heavy (non-hydrogen) atoms. The Hall–Kier alpha value is -4.13. The number of nitrogens with zero attached hydrogens (tertiary/aromatic N) is 5. The van der Waals surface area contributed by atoms with Gasteiger partial charge in [0.25, 0.3) is 17.4 Å². The van der Waals surface area contributed by atoms with E-state index < -0.39 is 29.1 Å². The molecule has 0 saturated heterocycles. The van der Waals surface area contributed by atoms with Crippen molar-refractivity contribution in [1.82, 2.24) is 29.4 Å². The van der Waals surface area contributed by atoms with Gasteiger partial charge in [-0.2, -0.15) is 9.61 Å². The van der Waals surface area contributed by atoms with Gasteiger partial charge in [0, 0.05) is 19.7 Å². The minimum atomic E-state index is -0.566. The molecule has 1 fully saturated rings.